The number of nitrogens with two attached hydrogens (primary N) is 1. The maximum Gasteiger partial charge on any atom is 0.242 e. The fourth-order valence-corrected chi connectivity index (χ4v) is 3.63. The van der Waals surface area contributed by atoms with E-state index >= 15 is 0 Å². The summed E-state index contributed by atoms with van der Waals surface area (Å²) in [6.45, 7) is 7.41. The topological polar surface area (TPSA) is 60.0 Å². The molecule has 1 aliphatic carbocycles. The van der Waals surface area contributed by atoms with Crippen LogP contribution in [0.25, 0.3) is 0 Å². The van der Waals surface area contributed by atoms with Crippen LogP contribution in [0.15, 0.2) is 58.4 Å². The molecule has 132 valence electrons. The van der Waals surface area contributed by atoms with Crippen LogP contribution in [0.4, 0.5) is 0 Å². The lowest BCUT2D eigenvalue weighted by Crippen LogP contribution is -2.32. The number of hydrogen-bond acceptors (Lipinski definition) is 4. The van der Waals surface area contributed by atoms with Crippen molar-refractivity contribution in [3.05, 3.63) is 59.6 Å². The Morgan fingerprint density at radius 2 is 1.92 bits per heavy atom. The first-order valence-corrected chi connectivity index (χ1v) is 9.11. The van der Waals surface area contributed by atoms with Gasteiger partial charge in [-0.3, -0.25) is 0 Å². The molecule has 1 saturated carbocycles. The first-order chi connectivity index (χ1) is 12.1. The van der Waals surface area contributed by atoms with Crippen molar-refractivity contribution < 1.29 is 4.74 Å². The first-order valence-electron chi connectivity index (χ1n) is 9.11. The summed E-state index contributed by atoms with van der Waals surface area (Å²) < 4.78 is 5.92. The van der Waals surface area contributed by atoms with Gasteiger partial charge in [-0.15, -0.1) is 0 Å². The number of rotatable bonds is 3. The summed E-state index contributed by atoms with van der Waals surface area (Å²) in [6, 6.07) is 8.79. The van der Waals surface area contributed by atoms with Crippen LogP contribution < -0.4 is 5.73 Å². The summed E-state index contributed by atoms with van der Waals surface area (Å²) in [7, 11) is 0. The highest BCUT2D eigenvalue weighted by atomic mass is 16.5. The van der Waals surface area contributed by atoms with Crippen molar-refractivity contribution >= 4 is 11.6 Å². The van der Waals surface area contributed by atoms with Crippen molar-refractivity contribution in [3.8, 4) is 0 Å². The minimum atomic E-state index is -0.178. The molecule has 1 aromatic carbocycles. The Morgan fingerprint density at radius 1 is 1.24 bits per heavy atom. The van der Waals surface area contributed by atoms with E-state index in [1.54, 1.807) is 6.92 Å². The lowest BCUT2D eigenvalue weighted by atomic mass is 9.83. The monoisotopic (exact) mass is 337 g/mol. The highest BCUT2D eigenvalue weighted by Gasteiger charge is 2.26. The molecular formula is C21H27N3O. The summed E-state index contributed by atoms with van der Waals surface area (Å²) in [4.78, 5) is 8.90. The van der Waals surface area contributed by atoms with Crippen LogP contribution in [-0.2, 0) is 4.74 Å². The molecule has 3 rings (SSSR count). The third-order valence-corrected chi connectivity index (χ3v) is 4.97. The van der Waals surface area contributed by atoms with Gasteiger partial charge in [-0.25, -0.2) is 9.98 Å². The number of aliphatic imine (C=N–C) groups is 2. The Labute approximate surface area is 150 Å². The molecule has 1 heterocycles. The van der Waals surface area contributed by atoms with E-state index < -0.39 is 0 Å². The predicted molar refractivity (Wildman–Crippen MR) is 104 cm³/mol. The number of benzene rings is 1. The quantitative estimate of drug-likeness (QED) is 0.871. The Morgan fingerprint density at radius 3 is 2.52 bits per heavy atom. The lowest BCUT2D eigenvalue weighted by molar-refractivity contribution is 0.268. The number of allylic oxidation sites excluding steroid dienone is 1. The minimum absolute atomic E-state index is 0.178. The maximum absolute atomic E-state index is 5.97. The summed E-state index contributed by atoms with van der Waals surface area (Å²) in [5.74, 6) is 1.14. The van der Waals surface area contributed by atoms with Crippen molar-refractivity contribution in [1.29, 1.82) is 0 Å². The van der Waals surface area contributed by atoms with E-state index in [0.29, 0.717) is 23.2 Å². The molecule has 0 radical (unpaired) electrons. The fourth-order valence-electron chi connectivity index (χ4n) is 3.63. The predicted octanol–water partition coefficient (Wildman–Crippen LogP) is 4.67. The Bertz CT molecular complexity index is 718. The molecule has 2 N–H and O–H groups in total. The van der Waals surface area contributed by atoms with E-state index in [4.69, 9.17) is 15.5 Å². The molecule has 0 spiro atoms. The molecule has 1 aromatic rings. The highest BCUT2D eigenvalue weighted by molar-refractivity contribution is 6.11. The maximum atomic E-state index is 5.97. The van der Waals surface area contributed by atoms with Crippen molar-refractivity contribution in [3.63, 3.8) is 0 Å². The molecule has 1 unspecified atom stereocenters. The van der Waals surface area contributed by atoms with E-state index in [9.17, 15) is 0 Å². The van der Waals surface area contributed by atoms with Gasteiger partial charge in [0, 0.05) is 11.9 Å². The normalized spacial score (nSPS) is 25.3. The zero-order chi connectivity index (χ0) is 17.8. The van der Waals surface area contributed by atoms with Crippen molar-refractivity contribution in [1.82, 2.24) is 0 Å². The van der Waals surface area contributed by atoms with Gasteiger partial charge in [0.05, 0.1) is 5.71 Å². The van der Waals surface area contributed by atoms with Gasteiger partial charge in [0.2, 0.25) is 5.90 Å². The van der Waals surface area contributed by atoms with Gasteiger partial charge < -0.3 is 10.5 Å². The Hall–Kier alpha value is -2.36. The second kappa shape index (κ2) is 7.68. The Balaban J connectivity index is 1.89. The molecule has 1 atom stereocenters. The van der Waals surface area contributed by atoms with Crippen LogP contribution >= 0.6 is 0 Å². The SMILES string of the molecule is C=CN=C1OC(C)C(c2ccc(C3CCCCC3)cc2)=N/C1=C(/C)N. The highest BCUT2D eigenvalue weighted by Crippen LogP contribution is 2.33. The second-order valence-electron chi connectivity index (χ2n) is 6.86. The standard InChI is InChI=1S/C21H27N3O/c1-4-23-21-19(14(2)22)24-20(15(3)25-21)18-12-10-17(11-13-18)16-8-6-5-7-9-16/h4,10-13,15-16H,1,5-9,22H2,2-3H3/b19-14-,23-21?. The van der Waals surface area contributed by atoms with Gasteiger partial charge in [0.15, 0.2) is 0 Å². The van der Waals surface area contributed by atoms with Crippen LogP contribution in [0.3, 0.4) is 0 Å². The summed E-state index contributed by atoms with van der Waals surface area (Å²) in [5, 5.41) is 0. The van der Waals surface area contributed by atoms with Gasteiger partial charge >= 0.3 is 0 Å². The van der Waals surface area contributed by atoms with Crippen molar-refractivity contribution in [2.75, 3.05) is 0 Å². The van der Waals surface area contributed by atoms with E-state index in [0.717, 1.165) is 11.3 Å². The molecule has 1 fully saturated rings. The van der Waals surface area contributed by atoms with Crippen molar-refractivity contribution in [2.24, 2.45) is 15.7 Å². The largest absolute Gasteiger partial charge is 0.467 e. The third-order valence-electron chi connectivity index (χ3n) is 4.97. The molecular weight excluding hydrogens is 310 g/mol. The molecule has 4 nitrogen and oxygen atoms in total. The average Bonchev–Trinajstić information content (AvgIpc) is 2.63. The summed E-state index contributed by atoms with van der Waals surface area (Å²) in [5.41, 5.74) is 10.5. The molecule has 0 bridgehead atoms. The fraction of sp³-hybridized carbons (Fsp3) is 0.429. The third kappa shape index (κ3) is 3.84. The zero-order valence-electron chi connectivity index (χ0n) is 15.2. The average molecular weight is 337 g/mol. The number of ether oxygens (including phenoxy) is 1. The second-order valence-corrected chi connectivity index (χ2v) is 6.86. The number of hydrogen-bond donors (Lipinski definition) is 1. The Kier molecular flexibility index (Phi) is 5.37. The zero-order valence-corrected chi connectivity index (χ0v) is 15.2. The van der Waals surface area contributed by atoms with E-state index in [1.807, 2.05) is 6.92 Å². The van der Waals surface area contributed by atoms with Gasteiger partial charge in [-0.05, 0) is 43.7 Å². The van der Waals surface area contributed by atoms with Gasteiger partial charge in [0.1, 0.15) is 11.8 Å². The molecule has 0 saturated heterocycles. The van der Waals surface area contributed by atoms with Gasteiger partial charge in [0.25, 0.3) is 0 Å². The first kappa shape index (κ1) is 17.5. The van der Waals surface area contributed by atoms with Gasteiger partial charge in [-0.1, -0.05) is 50.1 Å². The summed E-state index contributed by atoms with van der Waals surface area (Å²) >= 11 is 0. The molecule has 0 aromatic heterocycles. The van der Waals surface area contributed by atoms with Gasteiger partial charge in [-0.2, -0.15) is 0 Å². The van der Waals surface area contributed by atoms with Crippen LogP contribution in [0.5, 0.6) is 0 Å². The molecule has 1 aliphatic heterocycles. The molecule has 25 heavy (non-hydrogen) atoms. The molecule has 0 amide bonds. The smallest absolute Gasteiger partial charge is 0.242 e. The van der Waals surface area contributed by atoms with Crippen LogP contribution in [0.1, 0.15) is 63.0 Å². The van der Waals surface area contributed by atoms with E-state index in [1.165, 1.54) is 43.9 Å². The minimum Gasteiger partial charge on any atom is -0.467 e. The molecule has 2 aliphatic rings. The van der Waals surface area contributed by atoms with Crippen LogP contribution in [0.2, 0.25) is 0 Å². The van der Waals surface area contributed by atoms with Crippen LogP contribution in [-0.4, -0.2) is 17.7 Å². The summed E-state index contributed by atoms with van der Waals surface area (Å²) in [6.07, 6.45) is 7.95. The molecule has 4 heteroatoms. The van der Waals surface area contributed by atoms with Crippen LogP contribution in [0, 0.1) is 0 Å². The number of nitrogens with zero attached hydrogens (tertiary/aromatic N) is 2. The van der Waals surface area contributed by atoms with Crippen molar-refractivity contribution in [2.45, 2.75) is 58.0 Å². The van der Waals surface area contributed by atoms with E-state index in [-0.39, 0.29) is 6.10 Å². The lowest BCUT2D eigenvalue weighted by Gasteiger charge is -2.25. The van der Waals surface area contributed by atoms with E-state index in [2.05, 4.69) is 35.8 Å².